The summed E-state index contributed by atoms with van der Waals surface area (Å²) in [6.07, 6.45) is -1.70. The van der Waals surface area contributed by atoms with Gasteiger partial charge in [0, 0.05) is 11.6 Å². The van der Waals surface area contributed by atoms with Gasteiger partial charge in [-0.1, -0.05) is 11.6 Å². The van der Waals surface area contributed by atoms with Crippen LogP contribution in [0.15, 0.2) is 12.3 Å². The van der Waals surface area contributed by atoms with Gasteiger partial charge in [-0.25, -0.2) is 4.98 Å². The van der Waals surface area contributed by atoms with Crippen molar-refractivity contribution in [2.75, 3.05) is 5.88 Å². The van der Waals surface area contributed by atoms with E-state index in [2.05, 4.69) is 4.98 Å². The summed E-state index contributed by atoms with van der Waals surface area (Å²) in [6.45, 7) is 0. The Morgan fingerprint density at radius 1 is 1.56 bits per heavy atom. The van der Waals surface area contributed by atoms with Crippen LogP contribution >= 0.6 is 23.2 Å². The average molecular weight is 267 g/mol. The van der Waals surface area contributed by atoms with E-state index in [9.17, 15) is 20.3 Å². The van der Waals surface area contributed by atoms with Crippen molar-refractivity contribution in [3.63, 3.8) is 0 Å². The van der Waals surface area contributed by atoms with Gasteiger partial charge in [0.25, 0.3) is 5.69 Å². The molecule has 8 heteroatoms. The third kappa shape index (κ3) is 2.79. The van der Waals surface area contributed by atoms with Gasteiger partial charge < -0.3 is 10.2 Å². The van der Waals surface area contributed by atoms with Crippen LogP contribution in [0.25, 0.3) is 0 Å². The summed E-state index contributed by atoms with van der Waals surface area (Å²) in [4.78, 5) is 13.4. The van der Waals surface area contributed by atoms with Gasteiger partial charge in [-0.2, -0.15) is 0 Å². The van der Waals surface area contributed by atoms with E-state index >= 15 is 0 Å². The Labute approximate surface area is 101 Å². The number of nitro groups is 1. The summed E-state index contributed by atoms with van der Waals surface area (Å²) in [5.41, 5.74) is -0.343. The minimum atomic E-state index is -1.41. The zero-order valence-corrected chi connectivity index (χ0v) is 9.39. The zero-order valence-electron chi connectivity index (χ0n) is 7.88. The molecule has 2 unspecified atom stereocenters. The molecule has 0 saturated heterocycles. The minimum absolute atomic E-state index is 0.0241. The molecular formula is C8H8Cl2N2O4. The highest BCUT2D eigenvalue weighted by Gasteiger charge is 2.23. The van der Waals surface area contributed by atoms with Gasteiger partial charge >= 0.3 is 0 Å². The van der Waals surface area contributed by atoms with Crippen molar-refractivity contribution < 1.29 is 15.1 Å². The normalized spacial score (nSPS) is 14.5. The maximum atomic E-state index is 10.5. The topological polar surface area (TPSA) is 96.5 Å². The van der Waals surface area contributed by atoms with Crippen LogP contribution in [0.5, 0.6) is 0 Å². The Bertz CT molecular complexity index is 402. The third-order valence-electron chi connectivity index (χ3n) is 1.90. The molecule has 0 radical (unpaired) electrons. The van der Waals surface area contributed by atoms with Gasteiger partial charge in [-0.05, 0) is 0 Å². The molecule has 0 bridgehead atoms. The molecule has 1 aromatic rings. The van der Waals surface area contributed by atoms with Crippen LogP contribution < -0.4 is 0 Å². The number of rotatable bonds is 4. The molecule has 0 spiro atoms. The van der Waals surface area contributed by atoms with Crippen LogP contribution in [0.2, 0.25) is 5.15 Å². The van der Waals surface area contributed by atoms with E-state index in [1.807, 2.05) is 0 Å². The van der Waals surface area contributed by atoms with E-state index in [0.717, 1.165) is 12.3 Å². The van der Waals surface area contributed by atoms with E-state index in [0.29, 0.717) is 0 Å². The molecule has 2 N–H and O–H groups in total. The molecule has 16 heavy (non-hydrogen) atoms. The first kappa shape index (κ1) is 13.1. The van der Waals surface area contributed by atoms with Crippen LogP contribution in [-0.4, -0.2) is 32.1 Å². The maximum Gasteiger partial charge on any atom is 0.288 e. The summed E-state index contributed by atoms with van der Waals surface area (Å²) >= 11 is 11.0. The number of aliphatic hydroxyl groups excluding tert-OH is 2. The van der Waals surface area contributed by atoms with Crippen molar-refractivity contribution in [3.8, 4) is 0 Å². The fraction of sp³-hybridized carbons (Fsp3) is 0.375. The second-order valence-electron chi connectivity index (χ2n) is 3.00. The molecule has 1 heterocycles. The first-order valence-corrected chi connectivity index (χ1v) is 5.10. The molecule has 6 nitrogen and oxygen atoms in total. The summed E-state index contributed by atoms with van der Waals surface area (Å²) in [7, 11) is 0. The Morgan fingerprint density at radius 3 is 2.69 bits per heavy atom. The molecule has 1 aromatic heterocycles. The van der Waals surface area contributed by atoms with Crippen molar-refractivity contribution in [3.05, 3.63) is 33.1 Å². The molecular weight excluding hydrogens is 259 g/mol. The van der Waals surface area contributed by atoms with Crippen LogP contribution in [0.4, 0.5) is 5.69 Å². The lowest BCUT2D eigenvalue weighted by molar-refractivity contribution is -0.385. The number of alkyl halides is 1. The molecule has 88 valence electrons. The van der Waals surface area contributed by atoms with E-state index < -0.39 is 17.1 Å². The first-order valence-electron chi connectivity index (χ1n) is 4.19. The van der Waals surface area contributed by atoms with Crippen molar-refractivity contribution in [2.24, 2.45) is 0 Å². The zero-order chi connectivity index (χ0) is 12.3. The summed E-state index contributed by atoms with van der Waals surface area (Å²) in [5.74, 6) is -0.222. The molecule has 0 saturated carbocycles. The number of halogens is 2. The largest absolute Gasteiger partial charge is 0.389 e. The predicted molar refractivity (Wildman–Crippen MR) is 57.6 cm³/mol. The smallest absolute Gasteiger partial charge is 0.288 e. The summed E-state index contributed by atoms with van der Waals surface area (Å²) in [5, 5.41) is 29.3. The van der Waals surface area contributed by atoms with Crippen molar-refractivity contribution in [1.82, 2.24) is 4.98 Å². The minimum Gasteiger partial charge on any atom is -0.389 e. The van der Waals surface area contributed by atoms with E-state index in [1.54, 1.807) is 0 Å². The Kier molecular flexibility index (Phi) is 4.43. The summed E-state index contributed by atoms with van der Waals surface area (Å²) in [6, 6.07) is 1.05. The van der Waals surface area contributed by atoms with Gasteiger partial charge in [0.2, 0.25) is 0 Å². The first-order chi connectivity index (χ1) is 7.47. The molecule has 0 fully saturated rings. The number of hydrogen-bond acceptors (Lipinski definition) is 5. The van der Waals surface area contributed by atoms with Crippen LogP contribution in [-0.2, 0) is 0 Å². The molecule has 0 amide bonds. The fourth-order valence-electron chi connectivity index (χ4n) is 1.05. The van der Waals surface area contributed by atoms with Gasteiger partial charge in [-0.3, -0.25) is 10.1 Å². The Hall–Kier alpha value is -0.950. The molecule has 1 rings (SSSR count). The lowest BCUT2D eigenvalue weighted by atomic mass is 10.1. The number of pyridine rings is 1. The Balaban J connectivity index is 3.11. The van der Waals surface area contributed by atoms with E-state index in [1.165, 1.54) is 0 Å². The number of aliphatic hydroxyl groups is 2. The Morgan fingerprint density at radius 2 is 2.19 bits per heavy atom. The van der Waals surface area contributed by atoms with Crippen molar-refractivity contribution >= 4 is 28.9 Å². The highest BCUT2D eigenvalue weighted by molar-refractivity contribution is 6.30. The highest BCUT2D eigenvalue weighted by Crippen LogP contribution is 2.27. The van der Waals surface area contributed by atoms with E-state index in [4.69, 9.17) is 23.2 Å². The second-order valence-corrected chi connectivity index (χ2v) is 3.66. The maximum absolute atomic E-state index is 10.5. The predicted octanol–water partition coefficient (Wildman–Crippen LogP) is 1.28. The highest BCUT2D eigenvalue weighted by atomic mass is 35.5. The van der Waals surface area contributed by atoms with Crippen molar-refractivity contribution in [1.29, 1.82) is 0 Å². The molecule has 0 aromatic carbocycles. The van der Waals surface area contributed by atoms with Crippen LogP contribution in [0.3, 0.4) is 0 Å². The van der Waals surface area contributed by atoms with Gasteiger partial charge in [-0.15, -0.1) is 11.6 Å². The lowest BCUT2D eigenvalue weighted by Gasteiger charge is -2.15. The SMILES string of the molecule is O=[N+]([O-])c1cnc(Cl)c(C(O)C(O)CCl)c1. The lowest BCUT2D eigenvalue weighted by Crippen LogP contribution is -2.20. The van der Waals surface area contributed by atoms with Gasteiger partial charge in [0.15, 0.2) is 0 Å². The average Bonchev–Trinajstić information content (AvgIpc) is 2.27. The number of aromatic nitrogens is 1. The second kappa shape index (κ2) is 5.40. The molecule has 2 atom stereocenters. The van der Waals surface area contributed by atoms with Crippen LogP contribution in [0, 0.1) is 10.1 Å². The van der Waals surface area contributed by atoms with E-state index in [-0.39, 0.29) is 22.3 Å². The quantitative estimate of drug-likeness (QED) is 0.370. The van der Waals surface area contributed by atoms with Crippen LogP contribution in [0.1, 0.15) is 11.7 Å². The molecule has 0 aliphatic rings. The van der Waals surface area contributed by atoms with Gasteiger partial charge in [0.05, 0.1) is 16.9 Å². The summed E-state index contributed by atoms with van der Waals surface area (Å²) < 4.78 is 0. The monoisotopic (exact) mass is 266 g/mol. The van der Waals surface area contributed by atoms with Gasteiger partial charge in [0.1, 0.15) is 17.5 Å². The molecule has 0 aliphatic heterocycles. The fourth-order valence-corrected chi connectivity index (χ4v) is 1.44. The van der Waals surface area contributed by atoms with Crippen molar-refractivity contribution in [2.45, 2.75) is 12.2 Å². The number of hydrogen-bond donors (Lipinski definition) is 2. The number of nitrogens with zero attached hydrogens (tertiary/aromatic N) is 2. The standard InChI is InChI=1S/C8H8Cl2N2O4/c9-2-6(13)7(14)5-1-4(12(15)16)3-11-8(5)10/h1,3,6-7,13-14H,2H2. The third-order valence-corrected chi connectivity index (χ3v) is 2.54. The molecule has 0 aliphatic carbocycles.